The fourth-order valence-corrected chi connectivity index (χ4v) is 3.01. The van der Waals surface area contributed by atoms with Gasteiger partial charge in [0.2, 0.25) is 11.8 Å². The van der Waals surface area contributed by atoms with Crippen LogP contribution in [0.3, 0.4) is 0 Å². The average molecular weight is 368 g/mol. The maximum Gasteiger partial charge on any atom is 0.242 e. The molecule has 0 fully saturated rings. The summed E-state index contributed by atoms with van der Waals surface area (Å²) in [5.41, 5.74) is 1.90. The van der Waals surface area contributed by atoms with Crippen molar-refractivity contribution < 1.29 is 14.3 Å². The van der Waals surface area contributed by atoms with Gasteiger partial charge in [0.05, 0.1) is 13.5 Å². The summed E-state index contributed by atoms with van der Waals surface area (Å²) in [5, 5.41) is 2.85. The summed E-state index contributed by atoms with van der Waals surface area (Å²) in [6.45, 7) is 4.73. The third-order valence-corrected chi connectivity index (χ3v) is 4.45. The first-order valence-electron chi connectivity index (χ1n) is 9.33. The molecule has 0 aliphatic rings. The molecule has 2 rings (SSSR count). The Kier molecular flexibility index (Phi) is 7.86. The molecule has 0 saturated heterocycles. The van der Waals surface area contributed by atoms with Crippen molar-refractivity contribution >= 4 is 11.8 Å². The van der Waals surface area contributed by atoms with Gasteiger partial charge in [-0.25, -0.2) is 0 Å². The summed E-state index contributed by atoms with van der Waals surface area (Å²) in [5.74, 6) is 0.585. The van der Waals surface area contributed by atoms with Crippen LogP contribution in [0.5, 0.6) is 5.75 Å². The Morgan fingerprint density at radius 3 is 2.22 bits per heavy atom. The number of nitrogens with zero attached hydrogens (tertiary/aromatic N) is 1. The van der Waals surface area contributed by atoms with Crippen LogP contribution in [0.1, 0.15) is 31.4 Å². The van der Waals surface area contributed by atoms with Crippen molar-refractivity contribution in [3.05, 3.63) is 65.7 Å². The maximum atomic E-state index is 13.1. The van der Waals surface area contributed by atoms with E-state index in [9.17, 15) is 9.59 Å². The van der Waals surface area contributed by atoms with Gasteiger partial charge in [-0.05, 0) is 36.6 Å². The van der Waals surface area contributed by atoms with Crippen LogP contribution >= 0.6 is 0 Å². The molecule has 0 heterocycles. The summed E-state index contributed by atoms with van der Waals surface area (Å²) in [6.07, 6.45) is 0.829. The van der Waals surface area contributed by atoms with Crippen molar-refractivity contribution in [3.63, 3.8) is 0 Å². The summed E-state index contributed by atoms with van der Waals surface area (Å²) in [4.78, 5) is 27.3. The summed E-state index contributed by atoms with van der Waals surface area (Å²) in [6, 6.07) is 16.7. The van der Waals surface area contributed by atoms with E-state index in [1.807, 2.05) is 68.4 Å². The van der Waals surface area contributed by atoms with E-state index in [1.165, 1.54) is 0 Å². The van der Waals surface area contributed by atoms with Gasteiger partial charge in [0.15, 0.2) is 0 Å². The van der Waals surface area contributed by atoms with Gasteiger partial charge in [0.25, 0.3) is 0 Å². The number of carbonyl (C=O) groups is 2. The molecule has 0 aromatic heterocycles. The zero-order valence-corrected chi connectivity index (χ0v) is 16.3. The molecule has 2 amide bonds. The molecular weight excluding hydrogens is 340 g/mol. The summed E-state index contributed by atoms with van der Waals surface area (Å²) in [7, 11) is 1.62. The lowest BCUT2D eigenvalue weighted by Crippen LogP contribution is -2.49. The Morgan fingerprint density at radius 2 is 1.67 bits per heavy atom. The number of amides is 2. The van der Waals surface area contributed by atoms with Gasteiger partial charge in [-0.15, -0.1) is 0 Å². The number of hydrogen-bond acceptors (Lipinski definition) is 3. The quantitative estimate of drug-likeness (QED) is 0.740. The van der Waals surface area contributed by atoms with Crippen LogP contribution in [-0.2, 0) is 22.6 Å². The molecule has 0 saturated carbocycles. The van der Waals surface area contributed by atoms with Gasteiger partial charge in [0.1, 0.15) is 11.8 Å². The van der Waals surface area contributed by atoms with E-state index in [1.54, 1.807) is 12.0 Å². The van der Waals surface area contributed by atoms with Gasteiger partial charge < -0.3 is 15.0 Å². The highest BCUT2D eigenvalue weighted by atomic mass is 16.5. The van der Waals surface area contributed by atoms with Crippen molar-refractivity contribution in [2.45, 2.75) is 39.3 Å². The van der Waals surface area contributed by atoms with Crippen LogP contribution in [0.4, 0.5) is 0 Å². The SMILES string of the molecule is CCNC(=O)[C@@H](CC)N(Cc1ccc(OC)cc1)C(=O)Cc1ccccc1. The fraction of sp³-hybridized carbons (Fsp3) is 0.364. The summed E-state index contributed by atoms with van der Waals surface area (Å²) < 4.78 is 5.19. The van der Waals surface area contributed by atoms with Crippen LogP contribution in [-0.4, -0.2) is 36.4 Å². The van der Waals surface area contributed by atoms with Gasteiger partial charge in [-0.3, -0.25) is 9.59 Å². The minimum absolute atomic E-state index is 0.0601. The number of ether oxygens (including phenoxy) is 1. The molecule has 0 aliphatic carbocycles. The lowest BCUT2D eigenvalue weighted by atomic mass is 10.1. The zero-order chi connectivity index (χ0) is 19.6. The normalized spacial score (nSPS) is 11.5. The van der Waals surface area contributed by atoms with Gasteiger partial charge in [0, 0.05) is 13.1 Å². The number of carbonyl (C=O) groups excluding carboxylic acids is 2. The largest absolute Gasteiger partial charge is 0.497 e. The first-order valence-corrected chi connectivity index (χ1v) is 9.33. The third-order valence-electron chi connectivity index (χ3n) is 4.45. The van der Waals surface area contributed by atoms with Crippen LogP contribution in [0.2, 0.25) is 0 Å². The summed E-state index contributed by atoms with van der Waals surface area (Å²) >= 11 is 0. The molecule has 2 aromatic rings. The Bertz CT molecular complexity index is 729. The van der Waals surface area contributed by atoms with E-state index in [0.29, 0.717) is 19.5 Å². The van der Waals surface area contributed by atoms with Crippen molar-refractivity contribution in [1.82, 2.24) is 10.2 Å². The van der Waals surface area contributed by atoms with Crippen LogP contribution in [0.25, 0.3) is 0 Å². The molecule has 1 atom stereocenters. The molecule has 0 aliphatic heterocycles. The first-order chi connectivity index (χ1) is 13.1. The number of nitrogens with one attached hydrogen (secondary N) is 1. The molecule has 27 heavy (non-hydrogen) atoms. The Morgan fingerprint density at radius 1 is 1.00 bits per heavy atom. The number of likely N-dealkylation sites (N-methyl/N-ethyl adjacent to an activating group) is 1. The number of rotatable bonds is 9. The minimum atomic E-state index is -0.497. The van der Waals surface area contributed by atoms with E-state index in [4.69, 9.17) is 4.74 Å². The van der Waals surface area contributed by atoms with Gasteiger partial charge in [-0.2, -0.15) is 0 Å². The van der Waals surface area contributed by atoms with Gasteiger partial charge in [-0.1, -0.05) is 49.4 Å². The highest BCUT2D eigenvalue weighted by Gasteiger charge is 2.28. The molecule has 2 aromatic carbocycles. The number of benzene rings is 2. The lowest BCUT2D eigenvalue weighted by Gasteiger charge is -2.30. The van der Waals surface area contributed by atoms with Crippen molar-refractivity contribution in [3.8, 4) is 5.75 Å². The fourth-order valence-electron chi connectivity index (χ4n) is 3.01. The van der Waals surface area contributed by atoms with Gasteiger partial charge >= 0.3 is 0 Å². The second kappa shape index (κ2) is 10.4. The predicted molar refractivity (Wildman–Crippen MR) is 106 cm³/mol. The smallest absolute Gasteiger partial charge is 0.242 e. The highest BCUT2D eigenvalue weighted by molar-refractivity contribution is 5.88. The molecule has 5 nitrogen and oxygen atoms in total. The number of methoxy groups -OCH3 is 1. The van der Waals surface area contributed by atoms with Crippen molar-refractivity contribution in [1.29, 1.82) is 0 Å². The monoisotopic (exact) mass is 368 g/mol. The molecule has 5 heteroatoms. The second-order valence-electron chi connectivity index (χ2n) is 6.35. The Hall–Kier alpha value is -2.82. The van der Waals surface area contributed by atoms with Crippen LogP contribution in [0, 0.1) is 0 Å². The molecule has 0 radical (unpaired) electrons. The lowest BCUT2D eigenvalue weighted by molar-refractivity contribution is -0.140. The van der Waals surface area contributed by atoms with Crippen LogP contribution in [0.15, 0.2) is 54.6 Å². The van der Waals surface area contributed by atoms with Crippen molar-refractivity contribution in [2.24, 2.45) is 0 Å². The number of hydrogen-bond donors (Lipinski definition) is 1. The molecular formula is C22H28N2O3. The maximum absolute atomic E-state index is 13.1. The average Bonchev–Trinajstić information content (AvgIpc) is 2.69. The molecule has 0 spiro atoms. The third kappa shape index (κ3) is 5.84. The Balaban J connectivity index is 2.25. The van der Waals surface area contributed by atoms with Crippen LogP contribution < -0.4 is 10.1 Å². The predicted octanol–water partition coefficient (Wildman–Crippen LogP) is 3.18. The molecule has 0 unspecified atom stereocenters. The first kappa shape index (κ1) is 20.5. The van der Waals surface area contributed by atoms with Crippen molar-refractivity contribution in [2.75, 3.05) is 13.7 Å². The highest BCUT2D eigenvalue weighted by Crippen LogP contribution is 2.17. The van der Waals surface area contributed by atoms with E-state index < -0.39 is 6.04 Å². The second-order valence-corrected chi connectivity index (χ2v) is 6.35. The van der Waals surface area contributed by atoms with E-state index in [-0.39, 0.29) is 18.2 Å². The molecule has 0 bridgehead atoms. The topological polar surface area (TPSA) is 58.6 Å². The van der Waals surface area contributed by atoms with E-state index in [0.717, 1.165) is 16.9 Å². The molecule has 1 N–H and O–H groups in total. The minimum Gasteiger partial charge on any atom is -0.497 e. The van der Waals surface area contributed by atoms with E-state index >= 15 is 0 Å². The standard InChI is InChI=1S/C22H28N2O3/c1-4-20(22(26)23-5-2)24(16-18-11-13-19(27-3)14-12-18)21(25)15-17-9-7-6-8-10-17/h6-14,20H,4-5,15-16H2,1-3H3,(H,23,26)/t20-/m1/s1. The van der Waals surface area contributed by atoms with E-state index in [2.05, 4.69) is 5.32 Å². The Labute approximate surface area is 161 Å². The zero-order valence-electron chi connectivity index (χ0n) is 16.3. The molecule has 144 valence electrons.